The van der Waals surface area contributed by atoms with Gasteiger partial charge in [-0.3, -0.25) is 0 Å². The minimum atomic E-state index is -4.46. The summed E-state index contributed by atoms with van der Waals surface area (Å²) in [5.41, 5.74) is 4.61. The molecule has 2 N–H and O–H groups in total. The maximum Gasteiger partial charge on any atom is 0.416 e. The first-order valence-electron chi connectivity index (χ1n) is 6.08. The summed E-state index contributed by atoms with van der Waals surface area (Å²) < 4.78 is 54.1. The van der Waals surface area contributed by atoms with E-state index in [1.165, 1.54) is 6.07 Å². The average molecular weight is 291 g/mol. The molecule has 1 saturated heterocycles. The van der Waals surface area contributed by atoms with Crippen LogP contribution in [0.5, 0.6) is 5.75 Å². The highest BCUT2D eigenvalue weighted by Gasteiger charge is 2.34. The SMILES string of the molecule is CC1(C)OC[C@@H](COc2cc(N)cc(C(F)(F)F)c2)O1. The first-order chi connectivity index (χ1) is 9.16. The number of halogens is 3. The summed E-state index contributed by atoms with van der Waals surface area (Å²) in [4.78, 5) is 0. The van der Waals surface area contributed by atoms with Gasteiger partial charge < -0.3 is 19.9 Å². The average Bonchev–Trinajstić information content (AvgIpc) is 2.64. The van der Waals surface area contributed by atoms with E-state index in [-0.39, 0.29) is 24.1 Å². The number of nitrogens with two attached hydrogens (primary N) is 1. The highest BCUT2D eigenvalue weighted by atomic mass is 19.4. The Morgan fingerprint density at radius 3 is 2.60 bits per heavy atom. The van der Waals surface area contributed by atoms with Gasteiger partial charge in [-0.25, -0.2) is 0 Å². The Kier molecular flexibility index (Phi) is 3.84. The molecule has 0 radical (unpaired) electrons. The summed E-state index contributed by atoms with van der Waals surface area (Å²) in [5.74, 6) is -0.633. The second kappa shape index (κ2) is 5.14. The van der Waals surface area contributed by atoms with Crippen LogP contribution in [0.1, 0.15) is 19.4 Å². The van der Waals surface area contributed by atoms with E-state index in [1.807, 2.05) is 0 Å². The number of anilines is 1. The van der Waals surface area contributed by atoms with Crippen molar-refractivity contribution in [2.24, 2.45) is 0 Å². The van der Waals surface area contributed by atoms with Gasteiger partial charge in [0.05, 0.1) is 12.2 Å². The Hall–Kier alpha value is -1.47. The minimum absolute atomic E-state index is 0.00116. The lowest BCUT2D eigenvalue weighted by molar-refractivity contribution is -0.141. The van der Waals surface area contributed by atoms with Crippen LogP contribution in [-0.4, -0.2) is 25.1 Å². The van der Waals surface area contributed by atoms with Crippen molar-refractivity contribution < 1.29 is 27.4 Å². The normalized spacial score (nSPS) is 21.9. The summed E-state index contributed by atoms with van der Waals surface area (Å²) in [7, 11) is 0. The largest absolute Gasteiger partial charge is 0.491 e. The third kappa shape index (κ3) is 3.77. The van der Waals surface area contributed by atoms with Crippen LogP contribution in [0.25, 0.3) is 0 Å². The fraction of sp³-hybridized carbons (Fsp3) is 0.538. The Bertz CT molecular complexity index is 488. The van der Waals surface area contributed by atoms with Crippen LogP contribution in [0.3, 0.4) is 0 Å². The number of alkyl halides is 3. The van der Waals surface area contributed by atoms with Crippen LogP contribution in [0.4, 0.5) is 18.9 Å². The van der Waals surface area contributed by atoms with E-state index in [4.69, 9.17) is 19.9 Å². The summed E-state index contributed by atoms with van der Waals surface area (Å²) in [6, 6.07) is 3.12. The maximum absolute atomic E-state index is 12.6. The highest BCUT2D eigenvalue weighted by molar-refractivity contribution is 5.48. The molecule has 1 aromatic rings. The van der Waals surface area contributed by atoms with Gasteiger partial charge in [0.25, 0.3) is 0 Å². The molecular weight excluding hydrogens is 275 g/mol. The molecule has 0 bridgehead atoms. The summed E-state index contributed by atoms with van der Waals surface area (Å²) in [5, 5.41) is 0. The molecule has 0 aliphatic carbocycles. The van der Waals surface area contributed by atoms with Crippen molar-refractivity contribution >= 4 is 5.69 Å². The number of benzene rings is 1. The fourth-order valence-electron chi connectivity index (χ4n) is 1.90. The zero-order valence-corrected chi connectivity index (χ0v) is 11.2. The van der Waals surface area contributed by atoms with E-state index in [2.05, 4.69) is 0 Å². The standard InChI is InChI=1S/C13H16F3NO3/c1-12(2)19-7-11(20-12)6-18-10-4-8(13(14,15)16)3-9(17)5-10/h3-5,11H,6-7,17H2,1-2H3/t11-/m1/s1. The van der Waals surface area contributed by atoms with E-state index in [0.29, 0.717) is 6.61 Å². The summed E-state index contributed by atoms with van der Waals surface area (Å²) >= 11 is 0. The van der Waals surface area contributed by atoms with Gasteiger partial charge >= 0.3 is 6.18 Å². The zero-order chi connectivity index (χ0) is 15.0. The molecule has 1 aliphatic heterocycles. The van der Waals surface area contributed by atoms with Gasteiger partial charge in [0.15, 0.2) is 5.79 Å². The molecule has 0 spiro atoms. The van der Waals surface area contributed by atoms with Crippen molar-refractivity contribution in [2.75, 3.05) is 18.9 Å². The monoisotopic (exact) mass is 291 g/mol. The predicted molar refractivity (Wildman–Crippen MR) is 66.3 cm³/mol. The Morgan fingerprint density at radius 1 is 1.35 bits per heavy atom. The third-order valence-corrected chi connectivity index (χ3v) is 2.76. The van der Waals surface area contributed by atoms with Crippen LogP contribution in [-0.2, 0) is 15.7 Å². The van der Waals surface area contributed by atoms with Gasteiger partial charge in [0.2, 0.25) is 0 Å². The molecule has 2 rings (SSSR count). The molecule has 112 valence electrons. The van der Waals surface area contributed by atoms with Crippen LogP contribution in [0, 0.1) is 0 Å². The molecular formula is C13H16F3NO3. The molecule has 4 nitrogen and oxygen atoms in total. The van der Waals surface area contributed by atoms with Crippen molar-refractivity contribution in [3.05, 3.63) is 23.8 Å². The van der Waals surface area contributed by atoms with Gasteiger partial charge in [0.1, 0.15) is 18.5 Å². The second-order valence-electron chi connectivity index (χ2n) is 5.05. The minimum Gasteiger partial charge on any atom is -0.491 e. The fourth-order valence-corrected chi connectivity index (χ4v) is 1.90. The number of nitrogen functional groups attached to an aromatic ring is 1. The van der Waals surface area contributed by atoms with E-state index < -0.39 is 17.5 Å². The molecule has 0 aromatic heterocycles. The molecule has 7 heteroatoms. The van der Waals surface area contributed by atoms with Gasteiger partial charge in [0, 0.05) is 11.8 Å². The van der Waals surface area contributed by atoms with E-state index in [9.17, 15) is 13.2 Å². The van der Waals surface area contributed by atoms with E-state index in [1.54, 1.807) is 13.8 Å². The summed E-state index contributed by atoms with van der Waals surface area (Å²) in [6.45, 7) is 3.95. The quantitative estimate of drug-likeness (QED) is 0.870. The molecule has 0 amide bonds. The highest BCUT2D eigenvalue weighted by Crippen LogP contribution is 2.33. The molecule has 1 aromatic carbocycles. The molecule has 0 saturated carbocycles. The third-order valence-electron chi connectivity index (χ3n) is 2.76. The van der Waals surface area contributed by atoms with Gasteiger partial charge in [-0.15, -0.1) is 0 Å². The smallest absolute Gasteiger partial charge is 0.416 e. The molecule has 1 atom stereocenters. The van der Waals surface area contributed by atoms with E-state index >= 15 is 0 Å². The Balaban J connectivity index is 2.02. The maximum atomic E-state index is 12.6. The van der Waals surface area contributed by atoms with Crippen LogP contribution in [0.15, 0.2) is 18.2 Å². The van der Waals surface area contributed by atoms with Gasteiger partial charge in [-0.05, 0) is 26.0 Å². The van der Waals surface area contributed by atoms with Crippen LogP contribution in [0.2, 0.25) is 0 Å². The van der Waals surface area contributed by atoms with Crippen molar-refractivity contribution in [3.8, 4) is 5.75 Å². The van der Waals surface area contributed by atoms with Crippen LogP contribution >= 0.6 is 0 Å². The lowest BCUT2D eigenvalue weighted by Crippen LogP contribution is -2.25. The molecule has 1 fully saturated rings. The Labute approximate surface area is 114 Å². The molecule has 1 aliphatic rings. The van der Waals surface area contributed by atoms with Crippen molar-refractivity contribution in [2.45, 2.75) is 31.9 Å². The van der Waals surface area contributed by atoms with Crippen molar-refractivity contribution in [1.82, 2.24) is 0 Å². The Morgan fingerprint density at radius 2 is 2.05 bits per heavy atom. The number of rotatable bonds is 3. The van der Waals surface area contributed by atoms with Crippen molar-refractivity contribution in [3.63, 3.8) is 0 Å². The second-order valence-corrected chi connectivity index (χ2v) is 5.05. The van der Waals surface area contributed by atoms with Gasteiger partial charge in [-0.2, -0.15) is 13.2 Å². The van der Waals surface area contributed by atoms with Crippen molar-refractivity contribution in [1.29, 1.82) is 0 Å². The predicted octanol–water partition coefficient (Wildman–Crippen LogP) is 2.82. The first kappa shape index (κ1) is 14.9. The lowest BCUT2D eigenvalue weighted by Gasteiger charge is -2.17. The number of ether oxygens (including phenoxy) is 3. The topological polar surface area (TPSA) is 53.7 Å². The number of hydrogen-bond acceptors (Lipinski definition) is 4. The first-order valence-corrected chi connectivity index (χ1v) is 6.08. The number of hydrogen-bond donors (Lipinski definition) is 1. The van der Waals surface area contributed by atoms with Crippen LogP contribution < -0.4 is 10.5 Å². The van der Waals surface area contributed by atoms with E-state index in [0.717, 1.165) is 12.1 Å². The summed E-state index contributed by atoms with van der Waals surface area (Å²) in [6.07, 6.45) is -4.77. The molecule has 0 unspecified atom stereocenters. The molecule has 20 heavy (non-hydrogen) atoms. The molecule has 1 heterocycles. The zero-order valence-electron chi connectivity index (χ0n) is 11.2. The van der Waals surface area contributed by atoms with Gasteiger partial charge in [-0.1, -0.05) is 0 Å². The lowest BCUT2D eigenvalue weighted by atomic mass is 10.2.